The molecule has 2 aromatic rings. The van der Waals surface area contributed by atoms with Gasteiger partial charge in [-0.2, -0.15) is 0 Å². The molecule has 1 aromatic heterocycles. The van der Waals surface area contributed by atoms with E-state index < -0.39 is 9.84 Å². The van der Waals surface area contributed by atoms with Crippen LogP contribution in [-0.2, 0) is 20.4 Å². The minimum absolute atomic E-state index is 0.0371. The van der Waals surface area contributed by atoms with E-state index in [-0.39, 0.29) is 23.5 Å². The highest BCUT2D eigenvalue weighted by Gasteiger charge is 2.34. The van der Waals surface area contributed by atoms with E-state index in [9.17, 15) is 13.2 Å². The maximum Gasteiger partial charge on any atom is 0.232 e. The van der Waals surface area contributed by atoms with Crippen molar-refractivity contribution in [2.24, 2.45) is 0 Å². The summed E-state index contributed by atoms with van der Waals surface area (Å²) in [5.41, 5.74) is 0.998. The largest absolute Gasteiger partial charge is 0.338 e. The number of sulfone groups is 1. The van der Waals surface area contributed by atoms with Crippen LogP contribution in [0.25, 0.3) is 10.2 Å². The first-order valence-corrected chi connectivity index (χ1v) is 12.2. The Bertz CT molecular complexity index is 815. The van der Waals surface area contributed by atoms with Crippen LogP contribution in [0.2, 0.25) is 0 Å². The van der Waals surface area contributed by atoms with Gasteiger partial charge in [0.15, 0.2) is 9.84 Å². The fourth-order valence-corrected chi connectivity index (χ4v) is 6.72. The summed E-state index contributed by atoms with van der Waals surface area (Å²) >= 11 is 3.21. The van der Waals surface area contributed by atoms with E-state index in [2.05, 4.69) is 11.1 Å². The number of para-hydroxylation sites is 1. The molecule has 1 aliphatic heterocycles. The monoisotopic (exact) mass is 398 g/mol. The van der Waals surface area contributed by atoms with Gasteiger partial charge in [-0.25, -0.2) is 13.4 Å². The third-order valence-electron chi connectivity index (χ3n) is 4.22. The number of carbonyl (C=O) groups is 1. The third kappa shape index (κ3) is 4.74. The average molecular weight is 399 g/mol. The summed E-state index contributed by atoms with van der Waals surface area (Å²) in [6, 6.07) is 7.87. The molecule has 8 heteroatoms. The Hall–Kier alpha value is -1.12. The quantitative estimate of drug-likeness (QED) is 0.717. The van der Waals surface area contributed by atoms with Crippen molar-refractivity contribution in [3.05, 3.63) is 29.3 Å². The van der Waals surface area contributed by atoms with Crippen LogP contribution in [0.15, 0.2) is 24.3 Å². The average Bonchev–Trinajstić information content (AvgIpc) is 3.14. The molecule has 136 valence electrons. The number of fused-ring (bicyclic) bond motifs is 1. The topological polar surface area (TPSA) is 67.3 Å². The minimum Gasteiger partial charge on any atom is -0.338 e. The van der Waals surface area contributed by atoms with E-state index in [0.29, 0.717) is 24.5 Å². The standard InChI is InChI=1S/C17H22N2O3S3/c1-2-8-19(13-7-9-25(21,22)12-13)17(20)11-23-10-16-18-14-5-3-4-6-15(14)24-16/h3-6,13H,2,7-12H2,1H3. The number of carbonyl (C=O) groups excluding carboxylic acids is 1. The SMILES string of the molecule is CCCN(C(=O)CSCc1nc2ccccc2s1)C1CCS(=O)(=O)C1. The second-order valence-corrected chi connectivity index (χ2v) is 10.5. The van der Waals surface area contributed by atoms with E-state index >= 15 is 0 Å². The Balaban J connectivity index is 1.56. The molecular weight excluding hydrogens is 376 g/mol. The summed E-state index contributed by atoms with van der Waals surface area (Å²) < 4.78 is 24.6. The molecule has 1 atom stereocenters. The lowest BCUT2D eigenvalue weighted by atomic mass is 10.2. The maximum absolute atomic E-state index is 12.6. The molecule has 0 radical (unpaired) electrons. The van der Waals surface area contributed by atoms with E-state index in [0.717, 1.165) is 21.6 Å². The molecule has 0 saturated carbocycles. The van der Waals surface area contributed by atoms with Crippen LogP contribution < -0.4 is 0 Å². The van der Waals surface area contributed by atoms with Gasteiger partial charge in [0.05, 0.1) is 27.5 Å². The Morgan fingerprint density at radius 1 is 1.40 bits per heavy atom. The summed E-state index contributed by atoms with van der Waals surface area (Å²) in [6.45, 7) is 2.64. The van der Waals surface area contributed by atoms with Crippen molar-refractivity contribution in [3.63, 3.8) is 0 Å². The van der Waals surface area contributed by atoms with Gasteiger partial charge >= 0.3 is 0 Å². The summed E-state index contributed by atoms with van der Waals surface area (Å²) in [4.78, 5) is 18.9. The number of nitrogens with zero attached hydrogens (tertiary/aromatic N) is 2. The smallest absolute Gasteiger partial charge is 0.232 e. The van der Waals surface area contributed by atoms with Crippen LogP contribution in [0, 0.1) is 0 Å². The van der Waals surface area contributed by atoms with Gasteiger partial charge in [-0.05, 0) is 25.0 Å². The van der Waals surface area contributed by atoms with Crippen molar-refractivity contribution in [3.8, 4) is 0 Å². The zero-order valence-corrected chi connectivity index (χ0v) is 16.6. The molecular formula is C17H22N2O3S3. The Kier molecular flexibility index (Phi) is 6.01. The molecule has 3 rings (SSSR count). The van der Waals surface area contributed by atoms with Gasteiger partial charge in [-0.3, -0.25) is 4.79 Å². The Morgan fingerprint density at radius 2 is 2.20 bits per heavy atom. The van der Waals surface area contributed by atoms with Crippen LogP contribution in [0.5, 0.6) is 0 Å². The highest BCUT2D eigenvalue weighted by molar-refractivity contribution is 7.99. The van der Waals surface area contributed by atoms with E-state index in [1.807, 2.05) is 25.1 Å². The second kappa shape index (κ2) is 8.05. The van der Waals surface area contributed by atoms with Gasteiger partial charge in [-0.1, -0.05) is 19.1 Å². The van der Waals surface area contributed by atoms with Crippen molar-refractivity contribution in [1.29, 1.82) is 0 Å². The lowest BCUT2D eigenvalue weighted by Gasteiger charge is -2.27. The van der Waals surface area contributed by atoms with E-state index in [1.165, 1.54) is 0 Å². The number of thioether (sulfide) groups is 1. The zero-order chi connectivity index (χ0) is 17.9. The van der Waals surface area contributed by atoms with Crippen molar-refractivity contribution < 1.29 is 13.2 Å². The lowest BCUT2D eigenvalue weighted by Crippen LogP contribution is -2.42. The fraction of sp³-hybridized carbons (Fsp3) is 0.529. The fourth-order valence-electron chi connectivity index (χ4n) is 3.06. The first kappa shape index (κ1) is 18.7. The van der Waals surface area contributed by atoms with Crippen molar-refractivity contribution >= 4 is 49.1 Å². The molecule has 5 nitrogen and oxygen atoms in total. The lowest BCUT2D eigenvalue weighted by molar-refractivity contribution is -0.130. The Labute approximate surface area is 156 Å². The van der Waals surface area contributed by atoms with Crippen molar-refractivity contribution in [2.75, 3.05) is 23.8 Å². The summed E-state index contributed by atoms with van der Waals surface area (Å²) in [5, 5.41) is 1.02. The van der Waals surface area contributed by atoms with Crippen LogP contribution in [-0.4, -0.2) is 54.1 Å². The highest BCUT2D eigenvalue weighted by atomic mass is 32.2. The molecule has 2 heterocycles. The summed E-state index contributed by atoms with van der Waals surface area (Å²) in [5.74, 6) is 1.42. The molecule has 1 saturated heterocycles. The van der Waals surface area contributed by atoms with Gasteiger partial charge in [0.1, 0.15) is 5.01 Å². The van der Waals surface area contributed by atoms with Crippen molar-refractivity contribution in [1.82, 2.24) is 9.88 Å². The van der Waals surface area contributed by atoms with Gasteiger partial charge in [0, 0.05) is 18.3 Å². The van der Waals surface area contributed by atoms with Gasteiger partial charge in [-0.15, -0.1) is 23.1 Å². The first-order chi connectivity index (χ1) is 12.0. The number of rotatable bonds is 7. The van der Waals surface area contributed by atoms with Gasteiger partial charge < -0.3 is 4.90 Å². The molecule has 0 aliphatic carbocycles. The number of aromatic nitrogens is 1. The maximum atomic E-state index is 12.6. The Morgan fingerprint density at radius 3 is 2.88 bits per heavy atom. The van der Waals surface area contributed by atoms with Crippen LogP contribution >= 0.6 is 23.1 Å². The third-order valence-corrected chi connectivity index (χ3v) is 8.12. The van der Waals surface area contributed by atoms with Gasteiger partial charge in [0.2, 0.25) is 5.91 Å². The van der Waals surface area contributed by atoms with Crippen LogP contribution in [0.4, 0.5) is 0 Å². The number of benzene rings is 1. The predicted octanol–water partition coefficient (Wildman–Crippen LogP) is 2.96. The number of amides is 1. The summed E-state index contributed by atoms with van der Waals surface area (Å²) in [6.07, 6.45) is 1.40. The molecule has 1 aromatic carbocycles. The molecule has 1 amide bonds. The molecule has 0 N–H and O–H groups in total. The van der Waals surface area contributed by atoms with Crippen molar-refractivity contribution in [2.45, 2.75) is 31.6 Å². The molecule has 1 aliphatic rings. The number of hydrogen-bond donors (Lipinski definition) is 0. The minimum atomic E-state index is -2.98. The van der Waals surface area contributed by atoms with Gasteiger partial charge in [0.25, 0.3) is 0 Å². The second-order valence-electron chi connectivity index (χ2n) is 6.21. The molecule has 25 heavy (non-hydrogen) atoms. The molecule has 0 bridgehead atoms. The van der Waals surface area contributed by atoms with E-state index in [4.69, 9.17) is 0 Å². The van der Waals surface area contributed by atoms with E-state index in [1.54, 1.807) is 28.0 Å². The predicted molar refractivity (Wildman–Crippen MR) is 105 cm³/mol. The summed E-state index contributed by atoms with van der Waals surface area (Å²) in [7, 11) is -2.98. The molecule has 0 spiro atoms. The normalized spacial score (nSPS) is 19.3. The van der Waals surface area contributed by atoms with Crippen LogP contribution in [0.1, 0.15) is 24.8 Å². The van der Waals surface area contributed by atoms with Crippen LogP contribution in [0.3, 0.4) is 0 Å². The number of thiazole rings is 1. The molecule has 1 fully saturated rings. The molecule has 1 unspecified atom stereocenters. The zero-order valence-electron chi connectivity index (χ0n) is 14.2. The number of hydrogen-bond acceptors (Lipinski definition) is 6. The first-order valence-electron chi connectivity index (χ1n) is 8.40. The highest BCUT2D eigenvalue weighted by Crippen LogP contribution is 2.25.